The Morgan fingerprint density at radius 3 is 2.94 bits per heavy atom. The minimum atomic E-state index is -0.0303. The van der Waals surface area contributed by atoms with Crippen molar-refractivity contribution in [1.82, 2.24) is 9.88 Å². The predicted molar refractivity (Wildman–Crippen MR) is 71.2 cm³/mol. The Bertz CT molecular complexity index is 533. The number of aromatic nitrogens is 1. The number of amides is 1. The maximum Gasteiger partial charge on any atom is 0.240 e. The van der Waals surface area contributed by atoms with E-state index >= 15 is 0 Å². The van der Waals surface area contributed by atoms with Gasteiger partial charge >= 0.3 is 0 Å². The lowest BCUT2D eigenvalue weighted by Crippen LogP contribution is -2.35. The van der Waals surface area contributed by atoms with Crippen LogP contribution in [0.15, 0.2) is 36.5 Å². The Morgan fingerprint density at radius 1 is 1.39 bits per heavy atom. The van der Waals surface area contributed by atoms with Gasteiger partial charge in [0.05, 0.1) is 0 Å². The first-order valence-electron chi connectivity index (χ1n) is 6.15. The van der Waals surface area contributed by atoms with E-state index in [4.69, 9.17) is 5.11 Å². The van der Waals surface area contributed by atoms with Crippen molar-refractivity contribution in [3.05, 3.63) is 36.5 Å². The molecule has 0 saturated heterocycles. The van der Waals surface area contributed by atoms with Crippen molar-refractivity contribution in [1.29, 1.82) is 0 Å². The van der Waals surface area contributed by atoms with Gasteiger partial charge in [-0.05, 0) is 30.9 Å². The fraction of sp³-hybridized carbons (Fsp3) is 0.357. The smallest absolute Gasteiger partial charge is 0.240 e. The molecule has 1 amide bonds. The number of aliphatic hydroxyl groups is 1. The van der Waals surface area contributed by atoms with Crippen LogP contribution < -0.4 is 5.32 Å². The Labute approximate surface area is 106 Å². The summed E-state index contributed by atoms with van der Waals surface area (Å²) in [4.78, 5) is 11.8. The highest BCUT2D eigenvalue weighted by Gasteiger charge is 2.08. The average Bonchev–Trinajstić information content (AvgIpc) is 2.73. The zero-order valence-electron chi connectivity index (χ0n) is 10.5. The number of para-hydroxylation sites is 1. The highest BCUT2D eigenvalue weighted by molar-refractivity contribution is 5.83. The van der Waals surface area contributed by atoms with Crippen molar-refractivity contribution in [3.63, 3.8) is 0 Å². The number of hydrogen-bond acceptors (Lipinski definition) is 2. The molecule has 1 aromatic carbocycles. The van der Waals surface area contributed by atoms with Crippen LogP contribution in [0.5, 0.6) is 0 Å². The zero-order chi connectivity index (χ0) is 13.0. The first-order valence-corrected chi connectivity index (χ1v) is 6.15. The summed E-state index contributed by atoms with van der Waals surface area (Å²) in [6.07, 6.45) is 2.50. The van der Waals surface area contributed by atoms with Crippen molar-refractivity contribution >= 4 is 16.8 Å². The number of hydrogen-bond donors (Lipinski definition) is 2. The van der Waals surface area contributed by atoms with Gasteiger partial charge in [-0.3, -0.25) is 4.79 Å². The van der Waals surface area contributed by atoms with Gasteiger partial charge in [-0.1, -0.05) is 18.2 Å². The van der Waals surface area contributed by atoms with Gasteiger partial charge in [0.2, 0.25) is 5.91 Å². The van der Waals surface area contributed by atoms with E-state index < -0.39 is 0 Å². The van der Waals surface area contributed by atoms with Crippen LogP contribution in [0.2, 0.25) is 0 Å². The largest absolute Gasteiger partial charge is 0.396 e. The summed E-state index contributed by atoms with van der Waals surface area (Å²) in [5.74, 6) is -0.0303. The highest BCUT2D eigenvalue weighted by Crippen LogP contribution is 2.14. The van der Waals surface area contributed by atoms with E-state index in [2.05, 4.69) is 5.32 Å². The Kier molecular flexibility index (Phi) is 3.99. The molecule has 0 spiro atoms. The number of rotatable bonds is 5. The van der Waals surface area contributed by atoms with Gasteiger partial charge < -0.3 is 15.0 Å². The van der Waals surface area contributed by atoms with Gasteiger partial charge in [0, 0.05) is 24.4 Å². The molecule has 2 N–H and O–H groups in total. The third-order valence-electron chi connectivity index (χ3n) is 2.96. The number of carbonyl (C=O) groups is 1. The molecule has 1 atom stereocenters. The lowest BCUT2D eigenvalue weighted by Gasteiger charge is -2.13. The molecule has 18 heavy (non-hydrogen) atoms. The summed E-state index contributed by atoms with van der Waals surface area (Å²) in [7, 11) is 0. The van der Waals surface area contributed by atoms with Crippen LogP contribution >= 0.6 is 0 Å². The van der Waals surface area contributed by atoms with Crippen LogP contribution in [-0.4, -0.2) is 28.2 Å². The number of nitrogens with one attached hydrogen (secondary N) is 1. The molecule has 4 heteroatoms. The molecule has 0 radical (unpaired) electrons. The van der Waals surface area contributed by atoms with Crippen molar-refractivity contribution in [3.8, 4) is 0 Å². The molecule has 2 rings (SSSR count). The number of aliphatic hydroxyl groups excluding tert-OH is 1. The second-order valence-electron chi connectivity index (χ2n) is 4.48. The molecular weight excluding hydrogens is 228 g/mol. The molecule has 1 unspecified atom stereocenters. The Morgan fingerprint density at radius 2 is 2.17 bits per heavy atom. The van der Waals surface area contributed by atoms with Gasteiger partial charge in [0.25, 0.3) is 0 Å². The molecule has 0 bridgehead atoms. The number of nitrogens with zero attached hydrogens (tertiary/aromatic N) is 1. The Balaban J connectivity index is 2.03. The minimum absolute atomic E-state index is 0.00401. The third-order valence-corrected chi connectivity index (χ3v) is 2.96. The molecule has 0 aliphatic carbocycles. The first kappa shape index (κ1) is 12.6. The summed E-state index contributed by atoms with van der Waals surface area (Å²) < 4.78 is 1.93. The first-order chi connectivity index (χ1) is 8.70. The summed E-state index contributed by atoms with van der Waals surface area (Å²) in [5.41, 5.74) is 1.06. The predicted octanol–water partition coefficient (Wildman–Crippen LogP) is 1.53. The van der Waals surface area contributed by atoms with E-state index in [-0.39, 0.29) is 18.6 Å². The monoisotopic (exact) mass is 246 g/mol. The summed E-state index contributed by atoms with van der Waals surface area (Å²) in [6.45, 7) is 2.29. The van der Waals surface area contributed by atoms with Crippen molar-refractivity contribution < 1.29 is 9.90 Å². The molecule has 0 saturated carbocycles. The standard InChI is InChI=1S/C14H18N2O2/c1-11(7-9-17)15-14(18)10-16-8-6-12-4-2-3-5-13(12)16/h2-6,8,11,17H,7,9-10H2,1H3,(H,15,18). The molecule has 1 heterocycles. The van der Waals surface area contributed by atoms with E-state index in [0.717, 1.165) is 10.9 Å². The molecular formula is C14H18N2O2. The Hall–Kier alpha value is -1.81. The maximum atomic E-state index is 11.8. The van der Waals surface area contributed by atoms with Gasteiger partial charge in [-0.15, -0.1) is 0 Å². The number of carbonyl (C=O) groups excluding carboxylic acids is 1. The van der Waals surface area contributed by atoms with E-state index in [0.29, 0.717) is 13.0 Å². The van der Waals surface area contributed by atoms with Crippen molar-refractivity contribution in [2.45, 2.75) is 25.9 Å². The van der Waals surface area contributed by atoms with E-state index in [1.165, 1.54) is 0 Å². The van der Waals surface area contributed by atoms with Crippen LogP contribution in [0.25, 0.3) is 10.9 Å². The SMILES string of the molecule is CC(CCO)NC(=O)Cn1ccc2ccccc21. The van der Waals surface area contributed by atoms with Gasteiger partial charge in [0.1, 0.15) is 6.54 Å². The van der Waals surface area contributed by atoms with Crippen LogP contribution in [0.3, 0.4) is 0 Å². The fourth-order valence-electron chi connectivity index (χ4n) is 2.02. The van der Waals surface area contributed by atoms with E-state index in [1.807, 2.05) is 48.0 Å². The van der Waals surface area contributed by atoms with Gasteiger partial charge in [-0.2, -0.15) is 0 Å². The van der Waals surface area contributed by atoms with Crippen LogP contribution in [0, 0.1) is 0 Å². The average molecular weight is 246 g/mol. The summed E-state index contributed by atoms with van der Waals surface area (Å²) in [5, 5.41) is 12.8. The van der Waals surface area contributed by atoms with E-state index in [1.54, 1.807) is 0 Å². The lowest BCUT2D eigenvalue weighted by atomic mass is 10.2. The number of benzene rings is 1. The summed E-state index contributed by atoms with van der Waals surface area (Å²) >= 11 is 0. The molecule has 4 nitrogen and oxygen atoms in total. The molecule has 0 fully saturated rings. The third kappa shape index (κ3) is 2.90. The molecule has 1 aromatic heterocycles. The maximum absolute atomic E-state index is 11.8. The molecule has 0 aliphatic rings. The zero-order valence-corrected chi connectivity index (χ0v) is 10.5. The summed E-state index contributed by atoms with van der Waals surface area (Å²) in [6, 6.07) is 9.98. The van der Waals surface area contributed by atoms with Gasteiger partial charge in [-0.25, -0.2) is 0 Å². The normalized spacial score (nSPS) is 12.6. The number of fused-ring (bicyclic) bond motifs is 1. The lowest BCUT2D eigenvalue weighted by molar-refractivity contribution is -0.122. The molecule has 96 valence electrons. The molecule has 0 aliphatic heterocycles. The minimum Gasteiger partial charge on any atom is -0.396 e. The van der Waals surface area contributed by atoms with Crippen molar-refractivity contribution in [2.75, 3.05) is 6.61 Å². The van der Waals surface area contributed by atoms with Crippen molar-refractivity contribution in [2.24, 2.45) is 0 Å². The van der Waals surface area contributed by atoms with Crippen LogP contribution in [0.4, 0.5) is 0 Å². The van der Waals surface area contributed by atoms with Crippen LogP contribution in [0.1, 0.15) is 13.3 Å². The molecule has 2 aromatic rings. The fourth-order valence-corrected chi connectivity index (χ4v) is 2.02. The second-order valence-corrected chi connectivity index (χ2v) is 4.48. The quantitative estimate of drug-likeness (QED) is 0.840. The highest BCUT2D eigenvalue weighted by atomic mass is 16.3. The van der Waals surface area contributed by atoms with Crippen LogP contribution in [-0.2, 0) is 11.3 Å². The second kappa shape index (κ2) is 5.69. The van der Waals surface area contributed by atoms with Gasteiger partial charge in [0.15, 0.2) is 0 Å². The van der Waals surface area contributed by atoms with E-state index in [9.17, 15) is 4.79 Å². The topological polar surface area (TPSA) is 54.3 Å².